The highest BCUT2D eigenvalue weighted by Crippen LogP contribution is 2.23. The number of esters is 1. The first-order valence-corrected chi connectivity index (χ1v) is 7.10. The average molecular weight is 316 g/mol. The Morgan fingerprint density at radius 1 is 0.957 bits per heavy atom. The molecule has 0 bridgehead atoms. The lowest BCUT2D eigenvalue weighted by Crippen LogP contribution is -2.11. The minimum Gasteiger partial charge on any atom is -0.490 e. The summed E-state index contributed by atoms with van der Waals surface area (Å²) < 4.78 is 28.8. The molecule has 0 amide bonds. The standard InChI is InChI=1S/C18H17FO4/c1-2-3-18(20)22-13-12-21-15-8-10-17(11-9-15)23-16-6-4-14(19)5-7-16/h2,4-11H,1,3,12-13H2. The second-order valence-electron chi connectivity index (χ2n) is 4.59. The van der Waals surface area contributed by atoms with Crippen LogP contribution in [-0.2, 0) is 9.53 Å². The van der Waals surface area contributed by atoms with Crippen LogP contribution in [0.1, 0.15) is 6.42 Å². The second kappa shape index (κ2) is 8.58. The Labute approximate surface area is 134 Å². The third-order valence-electron chi connectivity index (χ3n) is 2.80. The van der Waals surface area contributed by atoms with Gasteiger partial charge < -0.3 is 14.2 Å². The first kappa shape index (κ1) is 16.5. The summed E-state index contributed by atoms with van der Waals surface area (Å²) in [4.78, 5) is 11.1. The van der Waals surface area contributed by atoms with E-state index in [1.165, 1.54) is 18.2 Å². The molecule has 0 saturated carbocycles. The summed E-state index contributed by atoms with van der Waals surface area (Å²) in [6.07, 6.45) is 1.68. The van der Waals surface area contributed by atoms with Gasteiger partial charge in [0, 0.05) is 0 Å². The van der Waals surface area contributed by atoms with E-state index in [2.05, 4.69) is 6.58 Å². The van der Waals surface area contributed by atoms with Crippen LogP contribution in [-0.4, -0.2) is 19.2 Å². The summed E-state index contributed by atoms with van der Waals surface area (Å²) in [5, 5.41) is 0. The highest BCUT2D eigenvalue weighted by Gasteiger charge is 2.01. The van der Waals surface area contributed by atoms with Crippen LogP contribution in [0, 0.1) is 5.82 Å². The summed E-state index contributed by atoms with van der Waals surface area (Å²) in [5.74, 6) is 1.16. The summed E-state index contributed by atoms with van der Waals surface area (Å²) in [6.45, 7) is 3.90. The number of carbonyl (C=O) groups is 1. The van der Waals surface area contributed by atoms with Gasteiger partial charge in [-0.05, 0) is 48.5 Å². The van der Waals surface area contributed by atoms with Crippen LogP contribution in [0.4, 0.5) is 4.39 Å². The van der Waals surface area contributed by atoms with Gasteiger partial charge >= 0.3 is 5.97 Å². The molecule has 2 aromatic carbocycles. The lowest BCUT2D eigenvalue weighted by molar-refractivity contribution is -0.143. The molecule has 0 radical (unpaired) electrons. The molecular formula is C18H17FO4. The smallest absolute Gasteiger partial charge is 0.309 e. The molecule has 0 aromatic heterocycles. The van der Waals surface area contributed by atoms with Gasteiger partial charge in [0.15, 0.2) is 0 Å². The van der Waals surface area contributed by atoms with Crippen LogP contribution in [0.3, 0.4) is 0 Å². The topological polar surface area (TPSA) is 44.8 Å². The maximum Gasteiger partial charge on any atom is 0.309 e. The molecule has 0 unspecified atom stereocenters. The Morgan fingerprint density at radius 3 is 2.13 bits per heavy atom. The zero-order valence-electron chi connectivity index (χ0n) is 12.5. The van der Waals surface area contributed by atoms with Gasteiger partial charge in [-0.2, -0.15) is 0 Å². The molecule has 23 heavy (non-hydrogen) atoms. The van der Waals surface area contributed by atoms with Gasteiger partial charge in [0.2, 0.25) is 0 Å². The zero-order valence-corrected chi connectivity index (χ0v) is 12.5. The van der Waals surface area contributed by atoms with Crippen LogP contribution < -0.4 is 9.47 Å². The molecule has 0 aliphatic carbocycles. The number of ether oxygens (including phenoxy) is 3. The number of carbonyl (C=O) groups excluding carboxylic acids is 1. The molecular weight excluding hydrogens is 299 g/mol. The maximum absolute atomic E-state index is 12.8. The van der Waals surface area contributed by atoms with Crippen LogP contribution >= 0.6 is 0 Å². The van der Waals surface area contributed by atoms with Crippen molar-refractivity contribution in [2.24, 2.45) is 0 Å². The van der Waals surface area contributed by atoms with Crippen molar-refractivity contribution in [1.29, 1.82) is 0 Å². The van der Waals surface area contributed by atoms with Gasteiger partial charge in [-0.15, -0.1) is 6.58 Å². The van der Waals surface area contributed by atoms with E-state index in [1.54, 1.807) is 36.4 Å². The van der Waals surface area contributed by atoms with Crippen LogP contribution in [0.25, 0.3) is 0 Å². The molecule has 2 aromatic rings. The molecule has 0 saturated heterocycles. The molecule has 0 N–H and O–H groups in total. The van der Waals surface area contributed by atoms with E-state index in [4.69, 9.17) is 14.2 Å². The molecule has 120 valence electrons. The van der Waals surface area contributed by atoms with Gasteiger partial charge in [-0.1, -0.05) is 6.08 Å². The summed E-state index contributed by atoms with van der Waals surface area (Å²) >= 11 is 0. The lowest BCUT2D eigenvalue weighted by Gasteiger charge is -2.09. The quantitative estimate of drug-likeness (QED) is 0.417. The number of rotatable bonds is 8. The number of hydrogen-bond acceptors (Lipinski definition) is 4. The SMILES string of the molecule is C=CCC(=O)OCCOc1ccc(Oc2ccc(F)cc2)cc1. The summed E-state index contributed by atoms with van der Waals surface area (Å²) in [6, 6.07) is 12.7. The number of halogens is 1. The van der Waals surface area contributed by atoms with Crippen molar-refractivity contribution in [3.8, 4) is 17.2 Å². The third-order valence-corrected chi connectivity index (χ3v) is 2.80. The second-order valence-corrected chi connectivity index (χ2v) is 4.59. The van der Waals surface area contributed by atoms with Crippen molar-refractivity contribution in [3.63, 3.8) is 0 Å². The van der Waals surface area contributed by atoms with Gasteiger partial charge in [-0.25, -0.2) is 4.39 Å². The molecule has 2 rings (SSSR count). The molecule has 0 fully saturated rings. The molecule has 0 aliphatic heterocycles. The molecule has 0 spiro atoms. The number of benzene rings is 2. The molecule has 4 nitrogen and oxygen atoms in total. The Hall–Kier alpha value is -2.82. The highest BCUT2D eigenvalue weighted by molar-refractivity contribution is 5.70. The average Bonchev–Trinajstić information content (AvgIpc) is 2.55. The van der Waals surface area contributed by atoms with E-state index < -0.39 is 0 Å². The fourth-order valence-electron chi connectivity index (χ4n) is 1.73. The normalized spacial score (nSPS) is 9.96. The van der Waals surface area contributed by atoms with Gasteiger partial charge in [0.25, 0.3) is 0 Å². The van der Waals surface area contributed by atoms with Crippen molar-refractivity contribution in [3.05, 3.63) is 67.0 Å². The summed E-state index contributed by atoms with van der Waals surface area (Å²) in [5.41, 5.74) is 0. The highest BCUT2D eigenvalue weighted by atomic mass is 19.1. The predicted octanol–water partition coefficient (Wildman–Crippen LogP) is 4.12. The minimum absolute atomic E-state index is 0.181. The van der Waals surface area contributed by atoms with E-state index in [-0.39, 0.29) is 31.4 Å². The Kier molecular flexibility index (Phi) is 6.17. The third kappa shape index (κ3) is 5.82. The summed E-state index contributed by atoms with van der Waals surface area (Å²) in [7, 11) is 0. The van der Waals surface area contributed by atoms with E-state index >= 15 is 0 Å². The molecule has 0 atom stereocenters. The van der Waals surface area contributed by atoms with E-state index in [9.17, 15) is 9.18 Å². The number of hydrogen-bond donors (Lipinski definition) is 0. The first-order valence-electron chi connectivity index (χ1n) is 7.10. The predicted molar refractivity (Wildman–Crippen MR) is 84.2 cm³/mol. The van der Waals surface area contributed by atoms with Crippen LogP contribution in [0.2, 0.25) is 0 Å². The van der Waals surface area contributed by atoms with Crippen LogP contribution in [0.15, 0.2) is 61.2 Å². The van der Waals surface area contributed by atoms with Crippen molar-refractivity contribution in [1.82, 2.24) is 0 Å². The van der Waals surface area contributed by atoms with Gasteiger partial charge in [0.05, 0.1) is 6.42 Å². The van der Waals surface area contributed by atoms with Crippen molar-refractivity contribution in [2.45, 2.75) is 6.42 Å². The van der Waals surface area contributed by atoms with E-state index in [1.807, 2.05) is 0 Å². The maximum atomic E-state index is 12.8. The van der Waals surface area contributed by atoms with Crippen molar-refractivity contribution < 1.29 is 23.4 Å². The van der Waals surface area contributed by atoms with Crippen LogP contribution in [0.5, 0.6) is 17.2 Å². The van der Waals surface area contributed by atoms with Gasteiger partial charge in [-0.3, -0.25) is 4.79 Å². The molecule has 0 aliphatic rings. The Morgan fingerprint density at radius 2 is 1.52 bits per heavy atom. The molecule has 0 heterocycles. The monoisotopic (exact) mass is 316 g/mol. The Balaban J connectivity index is 1.77. The fraction of sp³-hybridized carbons (Fsp3) is 0.167. The zero-order chi connectivity index (χ0) is 16.5. The van der Waals surface area contributed by atoms with E-state index in [0.29, 0.717) is 17.2 Å². The molecule has 5 heteroatoms. The lowest BCUT2D eigenvalue weighted by atomic mass is 10.3. The Bertz CT molecular complexity index is 635. The largest absolute Gasteiger partial charge is 0.490 e. The van der Waals surface area contributed by atoms with Crippen molar-refractivity contribution >= 4 is 5.97 Å². The minimum atomic E-state index is -0.327. The van der Waals surface area contributed by atoms with Crippen molar-refractivity contribution in [2.75, 3.05) is 13.2 Å². The van der Waals surface area contributed by atoms with Gasteiger partial charge in [0.1, 0.15) is 36.3 Å². The first-order chi connectivity index (χ1) is 11.2. The fourth-order valence-corrected chi connectivity index (χ4v) is 1.73. The van der Waals surface area contributed by atoms with E-state index in [0.717, 1.165) is 0 Å².